The Morgan fingerprint density at radius 2 is 2.05 bits per heavy atom. The molecule has 0 atom stereocenters. The first-order valence-corrected chi connectivity index (χ1v) is 6.66. The van der Waals surface area contributed by atoms with Crippen LogP contribution >= 0.6 is 0 Å². The third-order valence-corrected chi connectivity index (χ3v) is 3.06. The highest BCUT2D eigenvalue weighted by atomic mass is 16.5. The summed E-state index contributed by atoms with van der Waals surface area (Å²) < 4.78 is 10.9. The van der Waals surface area contributed by atoms with Crippen molar-refractivity contribution in [3.8, 4) is 17.3 Å². The fourth-order valence-electron chi connectivity index (χ4n) is 1.91. The molecule has 5 heteroatoms. The first-order valence-electron chi connectivity index (χ1n) is 6.66. The Balaban J connectivity index is 1.72. The minimum absolute atomic E-state index is 0.240. The van der Waals surface area contributed by atoms with Crippen LogP contribution in [0, 0.1) is 13.8 Å². The molecule has 2 heterocycles. The fraction of sp³-hybridized carbons (Fsp3) is 0.188. The van der Waals surface area contributed by atoms with E-state index in [0.29, 0.717) is 17.4 Å². The van der Waals surface area contributed by atoms with E-state index in [9.17, 15) is 0 Å². The molecule has 0 spiro atoms. The number of aryl methyl sites for hydroxylation is 2. The molecule has 3 rings (SSSR count). The molecule has 3 aromatic rings. The Hall–Kier alpha value is -2.69. The Bertz CT molecular complexity index is 738. The van der Waals surface area contributed by atoms with E-state index in [1.165, 1.54) is 0 Å². The van der Waals surface area contributed by atoms with Gasteiger partial charge in [0.05, 0.1) is 0 Å². The van der Waals surface area contributed by atoms with Gasteiger partial charge in [-0.25, -0.2) is 0 Å². The largest absolute Gasteiger partial charge is 0.483 e. The summed E-state index contributed by atoms with van der Waals surface area (Å²) in [5.41, 5.74) is 2.90. The fourth-order valence-corrected chi connectivity index (χ4v) is 1.91. The van der Waals surface area contributed by atoms with Gasteiger partial charge in [0.1, 0.15) is 11.4 Å². The second-order valence-electron chi connectivity index (χ2n) is 4.78. The number of hydrogen-bond donors (Lipinski definition) is 0. The number of ether oxygens (including phenoxy) is 1. The van der Waals surface area contributed by atoms with E-state index in [1.54, 1.807) is 6.20 Å². The van der Waals surface area contributed by atoms with Gasteiger partial charge in [-0.2, -0.15) is 4.98 Å². The van der Waals surface area contributed by atoms with Crippen molar-refractivity contribution in [2.24, 2.45) is 0 Å². The zero-order chi connectivity index (χ0) is 14.7. The standard InChI is InChI=1S/C16H15N3O2/c1-11-6-7-12(2)14(9-11)20-10-15-18-16(19-21-15)13-5-3-4-8-17-13/h3-9H,10H2,1-2H3. The van der Waals surface area contributed by atoms with Gasteiger partial charge in [-0.3, -0.25) is 4.98 Å². The molecule has 0 aliphatic carbocycles. The predicted molar refractivity (Wildman–Crippen MR) is 77.8 cm³/mol. The number of pyridine rings is 1. The van der Waals surface area contributed by atoms with Crippen molar-refractivity contribution >= 4 is 0 Å². The van der Waals surface area contributed by atoms with Crippen LogP contribution in [0.4, 0.5) is 0 Å². The van der Waals surface area contributed by atoms with E-state index in [1.807, 2.05) is 50.2 Å². The Morgan fingerprint density at radius 1 is 1.14 bits per heavy atom. The maximum absolute atomic E-state index is 5.74. The maximum atomic E-state index is 5.74. The quantitative estimate of drug-likeness (QED) is 0.734. The second-order valence-corrected chi connectivity index (χ2v) is 4.78. The molecule has 0 radical (unpaired) electrons. The highest BCUT2D eigenvalue weighted by molar-refractivity contribution is 5.47. The van der Waals surface area contributed by atoms with Crippen molar-refractivity contribution in [1.29, 1.82) is 0 Å². The van der Waals surface area contributed by atoms with Crippen molar-refractivity contribution in [1.82, 2.24) is 15.1 Å². The molecule has 0 unspecified atom stereocenters. The third kappa shape index (κ3) is 3.08. The smallest absolute Gasteiger partial charge is 0.264 e. The van der Waals surface area contributed by atoms with Gasteiger partial charge in [-0.05, 0) is 43.2 Å². The molecule has 0 saturated carbocycles. The van der Waals surface area contributed by atoms with Crippen LogP contribution in [0.5, 0.6) is 5.75 Å². The van der Waals surface area contributed by atoms with E-state index >= 15 is 0 Å². The molecule has 106 valence electrons. The second kappa shape index (κ2) is 5.75. The SMILES string of the molecule is Cc1ccc(C)c(OCc2nc(-c3ccccn3)no2)c1. The van der Waals surface area contributed by atoms with E-state index in [4.69, 9.17) is 9.26 Å². The summed E-state index contributed by atoms with van der Waals surface area (Å²) in [5, 5.41) is 3.91. The van der Waals surface area contributed by atoms with Crippen LogP contribution in [0.1, 0.15) is 17.0 Å². The lowest BCUT2D eigenvalue weighted by Gasteiger charge is -2.07. The average molecular weight is 281 g/mol. The zero-order valence-corrected chi connectivity index (χ0v) is 11.9. The van der Waals surface area contributed by atoms with Crippen LogP contribution in [-0.2, 0) is 6.61 Å². The molecule has 2 aromatic heterocycles. The van der Waals surface area contributed by atoms with E-state index in [-0.39, 0.29) is 6.61 Å². The van der Waals surface area contributed by atoms with E-state index < -0.39 is 0 Å². The van der Waals surface area contributed by atoms with Crippen molar-refractivity contribution in [2.75, 3.05) is 0 Å². The third-order valence-electron chi connectivity index (χ3n) is 3.06. The first-order chi connectivity index (χ1) is 10.2. The molecule has 21 heavy (non-hydrogen) atoms. The van der Waals surface area contributed by atoms with Crippen LogP contribution in [0.3, 0.4) is 0 Å². The summed E-state index contributed by atoms with van der Waals surface area (Å²) in [7, 11) is 0. The van der Waals surface area contributed by atoms with Crippen molar-refractivity contribution in [3.63, 3.8) is 0 Å². The highest BCUT2D eigenvalue weighted by Crippen LogP contribution is 2.20. The summed E-state index contributed by atoms with van der Waals surface area (Å²) in [4.78, 5) is 8.46. The van der Waals surface area contributed by atoms with Crippen LogP contribution in [0.25, 0.3) is 11.5 Å². The molecule has 0 amide bonds. The molecular formula is C16H15N3O2. The molecule has 0 N–H and O–H groups in total. The van der Waals surface area contributed by atoms with Gasteiger partial charge in [-0.1, -0.05) is 23.4 Å². The van der Waals surface area contributed by atoms with Crippen molar-refractivity contribution < 1.29 is 9.26 Å². The number of nitrogens with zero attached hydrogens (tertiary/aromatic N) is 3. The summed E-state index contributed by atoms with van der Waals surface area (Å²) in [6.45, 7) is 4.27. The van der Waals surface area contributed by atoms with Crippen molar-refractivity contribution in [3.05, 3.63) is 59.6 Å². The average Bonchev–Trinajstić information content (AvgIpc) is 2.98. The maximum Gasteiger partial charge on any atom is 0.264 e. The molecular weight excluding hydrogens is 266 g/mol. The molecule has 0 saturated heterocycles. The Labute approximate surface area is 122 Å². The van der Waals surface area contributed by atoms with Crippen LogP contribution in [0.2, 0.25) is 0 Å². The molecule has 0 fully saturated rings. The zero-order valence-electron chi connectivity index (χ0n) is 11.9. The number of hydrogen-bond acceptors (Lipinski definition) is 5. The summed E-state index contributed by atoms with van der Waals surface area (Å²) in [6.07, 6.45) is 1.69. The van der Waals surface area contributed by atoms with Gasteiger partial charge in [-0.15, -0.1) is 0 Å². The number of benzene rings is 1. The summed E-state index contributed by atoms with van der Waals surface area (Å²) in [6, 6.07) is 11.6. The molecule has 0 aliphatic rings. The van der Waals surface area contributed by atoms with Crippen LogP contribution in [0.15, 0.2) is 47.1 Å². The van der Waals surface area contributed by atoms with Crippen LogP contribution in [-0.4, -0.2) is 15.1 Å². The molecule has 0 bridgehead atoms. The monoisotopic (exact) mass is 281 g/mol. The normalized spacial score (nSPS) is 10.6. The van der Waals surface area contributed by atoms with Gasteiger partial charge < -0.3 is 9.26 Å². The first kappa shape index (κ1) is 13.3. The van der Waals surface area contributed by atoms with E-state index in [0.717, 1.165) is 16.9 Å². The summed E-state index contributed by atoms with van der Waals surface area (Å²) >= 11 is 0. The van der Waals surface area contributed by atoms with Gasteiger partial charge >= 0.3 is 0 Å². The Morgan fingerprint density at radius 3 is 2.86 bits per heavy atom. The topological polar surface area (TPSA) is 61.0 Å². The van der Waals surface area contributed by atoms with Gasteiger partial charge in [0.25, 0.3) is 5.89 Å². The lowest BCUT2D eigenvalue weighted by atomic mass is 10.1. The minimum atomic E-state index is 0.240. The molecule has 1 aromatic carbocycles. The van der Waals surface area contributed by atoms with E-state index in [2.05, 4.69) is 15.1 Å². The lowest BCUT2D eigenvalue weighted by molar-refractivity contribution is 0.241. The lowest BCUT2D eigenvalue weighted by Crippen LogP contribution is -1.98. The van der Waals surface area contributed by atoms with Gasteiger partial charge in [0, 0.05) is 6.20 Å². The Kier molecular flexibility index (Phi) is 3.64. The number of aromatic nitrogens is 3. The van der Waals surface area contributed by atoms with Gasteiger partial charge in [0.15, 0.2) is 6.61 Å². The summed E-state index contributed by atoms with van der Waals surface area (Å²) in [5.74, 6) is 1.72. The van der Waals surface area contributed by atoms with Crippen molar-refractivity contribution in [2.45, 2.75) is 20.5 Å². The number of rotatable bonds is 4. The van der Waals surface area contributed by atoms with Gasteiger partial charge in [0.2, 0.25) is 5.82 Å². The van der Waals surface area contributed by atoms with Crippen LogP contribution < -0.4 is 4.74 Å². The minimum Gasteiger partial charge on any atom is -0.483 e. The highest BCUT2D eigenvalue weighted by Gasteiger charge is 2.10. The molecule has 5 nitrogen and oxygen atoms in total. The molecule has 0 aliphatic heterocycles. The predicted octanol–water partition coefficient (Wildman–Crippen LogP) is 3.33.